The highest BCUT2D eigenvalue weighted by Crippen LogP contribution is 2.28. The maximum atomic E-state index is 12.5. The summed E-state index contributed by atoms with van der Waals surface area (Å²) >= 11 is 0. The van der Waals surface area contributed by atoms with E-state index in [0.29, 0.717) is 10.8 Å². The molecule has 0 spiro atoms. The van der Waals surface area contributed by atoms with E-state index in [0.717, 1.165) is 38.2 Å². The van der Waals surface area contributed by atoms with Gasteiger partial charge in [-0.1, -0.05) is 0 Å². The Bertz CT molecular complexity index is 598. The van der Waals surface area contributed by atoms with E-state index in [9.17, 15) is 8.42 Å². The summed E-state index contributed by atoms with van der Waals surface area (Å²) in [5.41, 5.74) is 0.998. The van der Waals surface area contributed by atoms with E-state index in [2.05, 4.69) is 9.62 Å². The van der Waals surface area contributed by atoms with Crippen LogP contribution in [0.4, 0.5) is 5.69 Å². The van der Waals surface area contributed by atoms with Gasteiger partial charge in [0.2, 0.25) is 10.0 Å². The van der Waals surface area contributed by atoms with Crippen molar-refractivity contribution in [3.05, 3.63) is 24.3 Å². The molecule has 0 amide bonds. The van der Waals surface area contributed by atoms with Crippen molar-refractivity contribution in [2.45, 2.75) is 23.8 Å². The predicted octanol–water partition coefficient (Wildman–Crippen LogP) is 1.13. The average Bonchev–Trinajstić information content (AvgIpc) is 2.85. The molecule has 116 valence electrons. The van der Waals surface area contributed by atoms with Gasteiger partial charge in [-0.15, -0.1) is 0 Å². The Morgan fingerprint density at radius 3 is 2.48 bits per heavy atom. The molecule has 3 unspecified atom stereocenters. The van der Waals surface area contributed by atoms with Crippen LogP contribution in [0.2, 0.25) is 0 Å². The third kappa shape index (κ3) is 3.07. The summed E-state index contributed by atoms with van der Waals surface area (Å²) < 4.78 is 28.0. The molecule has 21 heavy (non-hydrogen) atoms. The molecule has 2 saturated heterocycles. The molecule has 1 aromatic rings. The van der Waals surface area contributed by atoms with E-state index >= 15 is 0 Å². The van der Waals surface area contributed by atoms with Gasteiger partial charge in [-0.3, -0.25) is 0 Å². The highest BCUT2D eigenvalue weighted by Gasteiger charge is 2.36. The maximum Gasteiger partial charge on any atom is 0.240 e. The summed E-state index contributed by atoms with van der Waals surface area (Å²) in [6.45, 7) is 3.15. The second-order valence-electron chi connectivity index (χ2n) is 6.25. The van der Waals surface area contributed by atoms with Crippen molar-refractivity contribution in [2.24, 2.45) is 5.92 Å². The normalized spacial score (nSPS) is 28.6. The zero-order valence-corrected chi connectivity index (χ0v) is 13.4. The number of nitrogens with zero attached hydrogens (tertiary/aromatic N) is 2. The minimum atomic E-state index is -3.41. The van der Waals surface area contributed by atoms with Crippen LogP contribution in [0.3, 0.4) is 0 Å². The lowest BCUT2D eigenvalue weighted by molar-refractivity contribution is 0.236. The average molecular weight is 309 g/mol. The smallest absolute Gasteiger partial charge is 0.240 e. The monoisotopic (exact) mass is 309 g/mol. The van der Waals surface area contributed by atoms with E-state index in [1.165, 1.54) is 0 Å². The minimum absolute atomic E-state index is 0.0854. The van der Waals surface area contributed by atoms with Crippen LogP contribution in [0.1, 0.15) is 12.8 Å². The van der Waals surface area contributed by atoms with Crippen LogP contribution in [-0.2, 0) is 10.0 Å². The quantitative estimate of drug-likeness (QED) is 0.906. The van der Waals surface area contributed by atoms with Crippen molar-refractivity contribution in [3.8, 4) is 0 Å². The third-order valence-corrected chi connectivity index (χ3v) is 6.11. The molecule has 3 atom stereocenters. The van der Waals surface area contributed by atoms with Gasteiger partial charge in [0, 0.05) is 32.4 Å². The Labute approximate surface area is 127 Å². The number of hydrogen-bond donors (Lipinski definition) is 1. The largest absolute Gasteiger partial charge is 0.378 e. The number of nitrogens with one attached hydrogen (secondary N) is 1. The topological polar surface area (TPSA) is 52.7 Å². The van der Waals surface area contributed by atoms with E-state index < -0.39 is 10.0 Å². The molecule has 0 saturated carbocycles. The molecule has 2 aliphatic heterocycles. The number of rotatable bonds is 4. The van der Waals surface area contributed by atoms with Crippen LogP contribution in [0, 0.1) is 5.92 Å². The van der Waals surface area contributed by atoms with Gasteiger partial charge in [-0.25, -0.2) is 13.1 Å². The fraction of sp³-hybridized carbons (Fsp3) is 0.600. The SMILES string of the molecule is CN(C)c1ccc(S(=O)(=O)NC2CCN3CCC2C3)cc1. The number of benzene rings is 1. The Kier molecular flexibility index (Phi) is 3.94. The van der Waals surface area contributed by atoms with Gasteiger partial charge in [0.25, 0.3) is 0 Å². The first-order chi connectivity index (χ1) is 9.95. The summed E-state index contributed by atoms with van der Waals surface area (Å²) in [5.74, 6) is 0.467. The zero-order chi connectivity index (χ0) is 15.0. The van der Waals surface area contributed by atoms with E-state index in [1.807, 2.05) is 31.1 Å². The second kappa shape index (κ2) is 5.59. The molecule has 0 radical (unpaired) electrons. The Morgan fingerprint density at radius 1 is 1.14 bits per heavy atom. The van der Waals surface area contributed by atoms with Crippen molar-refractivity contribution in [3.63, 3.8) is 0 Å². The molecule has 2 heterocycles. The minimum Gasteiger partial charge on any atom is -0.378 e. The molecular weight excluding hydrogens is 286 g/mol. The highest BCUT2D eigenvalue weighted by atomic mass is 32.2. The van der Waals surface area contributed by atoms with Crippen molar-refractivity contribution < 1.29 is 8.42 Å². The summed E-state index contributed by atoms with van der Waals surface area (Å²) in [6.07, 6.45) is 2.02. The predicted molar refractivity (Wildman–Crippen MR) is 84.0 cm³/mol. The van der Waals surface area contributed by atoms with Crippen LogP contribution in [0.25, 0.3) is 0 Å². The molecule has 0 aromatic heterocycles. The lowest BCUT2D eigenvalue weighted by Gasteiger charge is -2.30. The van der Waals surface area contributed by atoms with Crippen molar-refractivity contribution in [1.29, 1.82) is 0 Å². The van der Waals surface area contributed by atoms with Gasteiger partial charge in [0.05, 0.1) is 4.90 Å². The molecule has 2 fully saturated rings. The van der Waals surface area contributed by atoms with Gasteiger partial charge < -0.3 is 9.80 Å². The van der Waals surface area contributed by atoms with Gasteiger partial charge in [0.1, 0.15) is 0 Å². The van der Waals surface area contributed by atoms with Crippen molar-refractivity contribution in [2.75, 3.05) is 38.6 Å². The van der Waals surface area contributed by atoms with Crippen LogP contribution >= 0.6 is 0 Å². The number of sulfonamides is 1. The molecule has 1 aromatic carbocycles. The maximum absolute atomic E-state index is 12.5. The molecule has 6 heteroatoms. The van der Waals surface area contributed by atoms with E-state index in [1.54, 1.807) is 12.1 Å². The van der Waals surface area contributed by atoms with Crippen LogP contribution in [-0.4, -0.2) is 53.1 Å². The summed E-state index contributed by atoms with van der Waals surface area (Å²) in [5, 5.41) is 0. The molecule has 3 rings (SSSR count). The van der Waals surface area contributed by atoms with Crippen molar-refractivity contribution >= 4 is 15.7 Å². The molecule has 1 N–H and O–H groups in total. The molecule has 0 aliphatic carbocycles. The molecule has 2 aliphatic rings. The molecule has 5 nitrogen and oxygen atoms in total. The summed E-state index contributed by atoms with van der Waals surface area (Å²) in [6, 6.07) is 7.13. The first-order valence-corrected chi connectivity index (χ1v) is 8.96. The third-order valence-electron chi connectivity index (χ3n) is 4.60. The van der Waals surface area contributed by atoms with Gasteiger partial charge in [-0.2, -0.15) is 0 Å². The summed E-state index contributed by atoms with van der Waals surface area (Å²) in [7, 11) is 0.466. The molecule has 2 bridgehead atoms. The number of piperidine rings is 1. The van der Waals surface area contributed by atoms with E-state index in [4.69, 9.17) is 0 Å². The fourth-order valence-electron chi connectivity index (χ4n) is 3.30. The lowest BCUT2D eigenvalue weighted by atomic mass is 9.95. The van der Waals surface area contributed by atoms with Gasteiger partial charge >= 0.3 is 0 Å². The lowest BCUT2D eigenvalue weighted by Crippen LogP contribution is -2.46. The standard InChI is InChI=1S/C15H23N3O2S/c1-17(2)13-3-5-14(6-4-13)21(19,20)16-15-8-10-18-9-7-12(15)11-18/h3-6,12,15-16H,7-11H2,1-2H3. The number of fused-ring (bicyclic) bond motifs is 2. The van der Waals surface area contributed by atoms with Crippen molar-refractivity contribution in [1.82, 2.24) is 9.62 Å². The van der Waals surface area contributed by atoms with Gasteiger partial charge in [0.15, 0.2) is 0 Å². The number of hydrogen-bond acceptors (Lipinski definition) is 4. The molecular formula is C15H23N3O2S. The number of anilines is 1. The fourth-order valence-corrected chi connectivity index (χ4v) is 4.64. The zero-order valence-electron chi connectivity index (χ0n) is 12.6. The first-order valence-electron chi connectivity index (χ1n) is 7.48. The Morgan fingerprint density at radius 2 is 1.81 bits per heavy atom. The second-order valence-corrected chi connectivity index (χ2v) is 7.97. The highest BCUT2D eigenvalue weighted by molar-refractivity contribution is 7.89. The summed E-state index contributed by atoms with van der Waals surface area (Å²) in [4.78, 5) is 4.73. The Balaban J connectivity index is 1.74. The Hall–Kier alpha value is -1.11. The van der Waals surface area contributed by atoms with Crippen LogP contribution in [0.15, 0.2) is 29.2 Å². The van der Waals surface area contributed by atoms with E-state index in [-0.39, 0.29) is 6.04 Å². The first kappa shape index (κ1) is 14.8. The van der Waals surface area contributed by atoms with Crippen LogP contribution in [0.5, 0.6) is 0 Å². The van der Waals surface area contributed by atoms with Crippen LogP contribution < -0.4 is 9.62 Å². The van der Waals surface area contributed by atoms with Gasteiger partial charge in [-0.05, 0) is 56.1 Å².